The molecule has 0 radical (unpaired) electrons. The molecule has 1 aliphatic carbocycles. The van der Waals surface area contributed by atoms with Gasteiger partial charge in [0.1, 0.15) is 0 Å². The van der Waals surface area contributed by atoms with Gasteiger partial charge in [-0.3, -0.25) is 0 Å². The zero-order valence-corrected chi connectivity index (χ0v) is 9.14. The number of hydrogen-bond donors (Lipinski definition) is 2. The van der Waals surface area contributed by atoms with E-state index in [0.29, 0.717) is 11.0 Å². The average Bonchev–Trinajstić information content (AvgIpc) is 2.94. The van der Waals surface area contributed by atoms with Crippen LogP contribution >= 0.6 is 15.9 Å². The third-order valence-corrected chi connectivity index (χ3v) is 3.44. The van der Waals surface area contributed by atoms with Crippen LogP contribution in [-0.4, -0.2) is 11.7 Å². The van der Waals surface area contributed by atoms with Gasteiger partial charge < -0.3 is 10.8 Å². The Morgan fingerprint density at radius 1 is 1.50 bits per heavy atom. The fourth-order valence-corrected chi connectivity index (χ4v) is 2.09. The molecule has 14 heavy (non-hydrogen) atoms. The third-order valence-electron chi connectivity index (χ3n) is 2.87. The molecular weight excluding hydrogens is 249 g/mol. The lowest BCUT2D eigenvalue weighted by Crippen LogP contribution is -2.19. The first-order valence-electron chi connectivity index (χ1n) is 4.48. The first kappa shape index (κ1) is 9.93. The second-order valence-corrected chi connectivity index (χ2v) is 4.63. The zero-order chi connectivity index (χ0) is 10.3. The van der Waals surface area contributed by atoms with E-state index in [1.54, 1.807) is 6.07 Å². The van der Waals surface area contributed by atoms with Crippen LogP contribution in [0.3, 0.4) is 0 Å². The van der Waals surface area contributed by atoms with Crippen LogP contribution in [0, 0.1) is 5.82 Å². The van der Waals surface area contributed by atoms with Gasteiger partial charge in [0.05, 0.1) is 4.47 Å². The molecule has 0 unspecified atom stereocenters. The molecule has 1 aliphatic rings. The molecule has 3 N–H and O–H groups in total. The minimum absolute atomic E-state index is 0.0201. The van der Waals surface area contributed by atoms with E-state index in [2.05, 4.69) is 15.9 Å². The first-order chi connectivity index (χ1) is 6.59. The summed E-state index contributed by atoms with van der Waals surface area (Å²) in [5.41, 5.74) is 6.55. The number of nitrogens with two attached hydrogens (primary N) is 1. The first-order valence-corrected chi connectivity index (χ1v) is 5.27. The predicted octanol–water partition coefficient (Wildman–Crippen LogP) is 2.28. The molecule has 0 saturated heterocycles. The van der Waals surface area contributed by atoms with Gasteiger partial charge in [-0.2, -0.15) is 0 Å². The Kier molecular flexibility index (Phi) is 2.27. The van der Waals surface area contributed by atoms with Gasteiger partial charge in [-0.25, -0.2) is 4.39 Å². The monoisotopic (exact) mass is 259 g/mol. The number of halogens is 2. The van der Waals surface area contributed by atoms with Crippen LogP contribution in [0.2, 0.25) is 0 Å². The lowest BCUT2D eigenvalue weighted by Gasteiger charge is -2.13. The number of phenolic OH excluding ortho intramolecular Hbond substituents is 1. The number of hydrogen-bond acceptors (Lipinski definition) is 2. The summed E-state index contributed by atoms with van der Waals surface area (Å²) in [5, 5.41) is 9.32. The van der Waals surface area contributed by atoms with Gasteiger partial charge in [-0.15, -0.1) is 0 Å². The Balaban J connectivity index is 2.46. The second kappa shape index (κ2) is 3.21. The Hall–Kier alpha value is -0.610. The van der Waals surface area contributed by atoms with Crippen molar-refractivity contribution >= 4 is 15.9 Å². The Morgan fingerprint density at radius 3 is 2.57 bits per heavy atom. The highest BCUT2D eigenvalue weighted by Crippen LogP contribution is 2.48. The van der Waals surface area contributed by atoms with E-state index in [4.69, 9.17) is 5.73 Å². The summed E-state index contributed by atoms with van der Waals surface area (Å²) in [6.45, 7) is 0.546. The number of phenols is 1. The van der Waals surface area contributed by atoms with Gasteiger partial charge in [0.25, 0.3) is 0 Å². The molecule has 0 aliphatic heterocycles. The molecule has 76 valence electrons. The van der Waals surface area contributed by atoms with Crippen molar-refractivity contribution in [3.05, 3.63) is 28.0 Å². The third kappa shape index (κ3) is 1.42. The lowest BCUT2D eigenvalue weighted by molar-refractivity contribution is 0.428. The van der Waals surface area contributed by atoms with Crippen LogP contribution in [-0.2, 0) is 5.41 Å². The van der Waals surface area contributed by atoms with Crippen LogP contribution in [0.25, 0.3) is 0 Å². The van der Waals surface area contributed by atoms with Gasteiger partial charge in [0.15, 0.2) is 11.6 Å². The highest BCUT2D eigenvalue weighted by atomic mass is 79.9. The fourth-order valence-electron chi connectivity index (χ4n) is 1.64. The zero-order valence-electron chi connectivity index (χ0n) is 7.56. The topological polar surface area (TPSA) is 46.2 Å². The van der Waals surface area contributed by atoms with Crippen molar-refractivity contribution in [2.75, 3.05) is 6.54 Å². The summed E-state index contributed by atoms with van der Waals surface area (Å²) in [5.74, 6) is -0.921. The molecule has 4 heteroatoms. The maximum atomic E-state index is 13.1. The molecule has 1 aromatic rings. The number of aromatic hydroxyl groups is 1. The molecule has 0 heterocycles. The Labute approximate surface area is 90.1 Å². The highest BCUT2D eigenvalue weighted by molar-refractivity contribution is 9.10. The summed E-state index contributed by atoms with van der Waals surface area (Å²) in [4.78, 5) is 0. The van der Waals surface area contributed by atoms with Crippen molar-refractivity contribution in [2.24, 2.45) is 5.73 Å². The van der Waals surface area contributed by atoms with Crippen LogP contribution in [0.1, 0.15) is 18.4 Å². The van der Waals surface area contributed by atoms with Gasteiger partial charge in [-0.1, -0.05) is 0 Å². The normalized spacial score (nSPS) is 18.2. The molecule has 0 aromatic heterocycles. The van der Waals surface area contributed by atoms with Crippen molar-refractivity contribution < 1.29 is 9.50 Å². The fraction of sp³-hybridized carbons (Fsp3) is 0.400. The standard InChI is InChI=1S/C10H11BrFNO/c11-7-3-6(4-8(14)9(7)12)10(5-13)1-2-10/h3-4,14H,1-2,5,13H2. The average molecular weight is 260 g/mol. The van der Waals surface area contributed by atoms with E-state index in [9.17, 15) is 9.50 Å². The van der Waals surface area contributed by atoms with Crippen molar-refractivity contribution in [3.63, 3.8) is 0 Å². The van der Waals surface area contributed by atoms with Crippen LogP contribution in [0.5, 0.6) is 5.75 Å². The molecule has 1 aromatic carbocycles. The van der Waals surface area contributed by atoms with E-state index in [-0.39, 0.29) is 11.2 Å². The Morgan fingerprint density at radius 2 is 2.14 bits per heavy atom. The summed E-state index contributed by atoms with van der Waals surface area (Å²) in [7, 11) is 0. The predicted molar refractivity (Wildman–Crippen MR) is 55.7 cm³/mol. The largest absolute Gasteiger partial charge is 0.505 e. The lowest BCUT2D eigenvalue weighted by atomic mass is 9.96. The number of benzene rings is 1. The molecule has 1 fully saturated rings. The molecule has 2 nitrogen and oxygen atoms in total. The van der Waals surface area contributed by atoms with Crippen molar-refractivity contribution in [1.29, 1.82) is 0 Å². The second-order valence-electron chi connectivity index (χ2n) is 3.78. The minimum Gasteiger partial charge on any atom is -0.505 e. The maximum Gasteiger partial charge on any atom is 0.178 e. The number of rotatable bonds is 2. The van der Waals surface area contributed by atoms with E-state index < -0.39 is 5.82 Å². The Bertz CT molecular complexity index is 353. The summed E-state index contributed by atoms with van der Waals surface area (Å²) >= 11 is 3.07. The van der Waals surface area contributed by atoms with Gasteiger partial charge in [0, 0.05) is 12.0 Å². The summed E-state index contributed by atoms with van der Waals surface area (Å²) in [6, 6.07) is 3.18. The van der Waals surface area contributed by atoms with E-state index in [1.165, 1.54) is 6.07 Å². The maximum absolute atomic E-state index is 13.1. The van der Waals surface area contributed by atoms with E-state index in [0.717, 1.165) is 18.4 Å². The molecule has 0 bridgehead atoms. The van der Waals surface area contributed by atoms with Gasteiger partial charge in [0.2, 0.25) is 0 Å². The van der Waals surface area contributed by atoms with E-state index in [1.807, 2.05) is 0 Å². The molecular formula is C10H11BrFNO. The SMILES string of the molecule is NCC1(c2cc(O)c(F)c(Br)c2)CC1. The molecule has 0 amide bonds. The highest BCUT2D eigenvalue weighted by Gasteiger charge is 2.43. The molecule has 1 saturated carbocycles. The van der Waals surface area contributed by atoms with Crippen LogP contribution < -0.4 is 5.73 Å². The smallest absolute Gasteiger partial charge is 0.178 e. The van der Waals surface area contributed by atoms with Crippen LogP contribution in [0.15, 0.2) is 16.6 Å². The summed E-state index contributed by atoms with van der Waals surface area (Å²) < 4.78 is 13.4. The van der Waals surface area contributed by atoms with Crippen molar-refractivity contribution in [1.82, 2.24) is 0 Å². The molecule has 0 atom stereocenters. The minimum atomic E-state index is -0.610. The van der Waals surface area contributed by atoms with Crippen LogP contribution in [0.4, 0.5) is 4.39 Å². The molecule has 2 rings (SSSR count). The van der Waals surface area contributed by atoms with Gasteiger partial charge in [-0.05, 0) is 46.5 Å². The summed E-state index contributed by atoms with van der Waals surface area (Å²) in [6.07, 6.45) is 2.03. The van der Waals surface area contributed by atoms with Crippen molar-refractivity contribution in [3.8, 4) is 5.75 Å². The quantitative estimate of drug-likeness (QED) is 0.856. The van der Waals surface area contributed by atoms with Gasteiger partial charge >= 0.3 is 0 Å². The van der Waals surface area contributed by atoms with E-state index >= 15 is 0 Å². The van der Waals surface area contributed by atoms with Crippen molar-refractivity contribution in [2.45, 2.75) is 18.3 Å². The molecule has 0 spiro atoms.